The molecule has 0 saturated heterocycles. The monoisotopic (exact) mass is 270 g/mol. The summed E-state index contributed by atoms with van der Waals surface area (Å²) < 4.78 is 30.3. The molecule has 0 amide bonds. The number of rotatable bonds is 6. The third-order valence-electron chi connectivity index (χ3n) is 1.30. The van der Waals surface area contributed by atoms with Crippen molar-refractivity contribution in [3.63, 3.8) is 0 Å². The van der Waals surface area contributed by atoms with Crippen LogP contribution in [0.1, 0.15) is 6.92 Å². The summed E-state index contributed by atoms with van der Waals surface area (Å²) in [7, 11) is -1.07. The first kappa shape index (κ1) is 12.9. The second kappa shape index (κ2) is 5.81. The first-order valence-corrected chi connectivity index (χ1v) is 7.23. The molecule has 6 nitrogen and oxygen atoms in total. The van der Waals surface area contributed by atoms with Gasteiger partial charge in [-0.25, -0.2) is 4.57 Å². The molecular formula is C6H11N2O4PS2. The largest absolute Gasteiger partial charge is 0.531 e. The number of aromatic nitrogens is 2. The second-order valence-electron chi connectivity index (χ2n) is 2.18. The normalized spacial score (nSPS) is 11.7. The highest BCUT2D eigenvalue weighted by atomic mass is 32.2. The summed E-state index contributed by atoms with van der Waals surface area (Å²) in [6, 6.07) is 0.0167. The van der Waals surface area contributed by atoms with Gasteiger partial charge >= 0.3 is 13.8 Å². The predicted molar refractivity (Wildman–Crippen MR) is 58.6 cm³/mol. The third kappa shape index (κ3) is 3.73. The fourth-order valence-corrected chi connectivity index (χ4v) is 2.72. The zero-order chi connectivity index (χ0) is 11.3. The van der Waals surface area contributed by atoms with Crippen LogP contribution in [-0.4, -0.2) is 29.3 Å². The van der Waals surface area contributed by atoms with E-state index in [9.17, 15) is 4.57 Å². The molecule has 0 N–H and O–H groups in total. The van der Waals surface area contributed by atoms with Crippen LogP contribution in [0, 0.1) is 0 Å². The van der Waals surface area contributed by atoms with Gasteiger partial charge in [0.05, 0.1) is 0 Å². The van der Waals surface area contributed by atoms with Gasteiger partial charge in [0.2, 0.25) is 0 Å². The van der Waals surface area contributed by atoms with Gasteiger partial charge in [-0.2, -0.15) is 4.98 Å². The Morgan fingerprint density at radius 1 is 1.47 bits per heavy atom. The van der Waals surface area contributed by atoms with Crippen LogP contribution in [0.15, 0.2) is 4.34 Å². The Hall–Kier alpha value is -0.140. The van der Waals surface area contributed by atoms with Crippen molar-refractivity contribution in [2.45, 2.75) is 11.3 Å². The van der Waals surface area contributed by atoms with Crippen molar-refractivity contribution in [2.24, 2.45) is 0 Å². The molecule has 0 saturated carbocycles. The lowest BCUT2D eigenvalue weighted by atomic mass is 11.0. The van der Waals surface area contributed by atoms with Crippen LogP contribution in [-0.2, 0) is 13.6 Å². The molecule has 1 rings (SSSR count). The summed E-state index contributed by atoms with van der Waals surface area (Å²) in [6.07, 6.45) is 0. The highest BCUT2D eigenvalue weighted by molar-refractivity contribution is 8.00. The van der Waals surface area contributed by atoms with E-state index in [1.54, 1.807) is 0 Å². The number of phosphoric ester groups is 1. The maximum atomic E-state index is 11.5. The molecule has 15 heavy (non-hydrogen) atoms. The molecular weight excluding hydrogens is 259 g/mol. The van der Waals surface area contributed by atoms with E-state index in [1.807, 2.05) is 6.92 Å². The van der Waals surface area contributed by atoms with Gasteiger partial charge in [-0.15, -0.1) is 4.37 Å². The summed E-state index contributed by atoms with van der Waals surface area (Å²) in [6.45, 7) is 2.00. The Bertz CT molecular complexity index is 351. The molecule has 0 radical (unpaired) electrons. The van der Waals surface area contributed by atoms with E-state index < -0.39 is 7.82 Å². The minimum atomic E-state index is -3.54. The van der Waals surface area contributed by atoms with Crippen LogP contribution >= 0.6 is 31.1 Å². The number of hydrogen-bond acceptors (Lipinski definition) is 8. The molecule has 1 aromatic rings. The fourth-order valence-electron chi connectivity index (χ4n) is 0.665. The fraction of sp³-hybridized carbons (Fsp3) is 0.667. The summed E-state index contributed by atoms with van der Waals surface area (Å²) in [4.78, 5) is 4.00. The maximum Gasteiger partial charge on any atom is 0.531 e. The van der Waals surface area contributed by atoms with Crippen molar-refractivity contribution < 1.29 is 18.1 Å². The van der Waals surface area contributed by atoms with E-state index in [1.165, 1.54) is 37.5 Å². The first-order valence-electron chi connectivity index (χ1n) is 4.01. The van der Waals surface area contributed by atoms with Crippen molar-refractivity contribution in [1.82, 2.24) is 9.36 Å². The van der Waals surface area contributed by atoms with Gasteiger partial charge in [0.25, 0.3) is 0 Å². The zero-order valence-electron chi connectivity index (χ0n) is 8.50. The van der Waals surface area contributed by atoms with Gasteiger partial charge in [-0.05, 0) is 17.3 Å². The number of nitrogens with zero attached hydrogens (tertiary/aromatic N) is 2. The Labute approximate surface area is 96.1 Å². The van der Waals surface area contributed by atoms with Crippen molar-refractivity contribution in [3.05, 3.63) is 0 Å². The van der Waals surface area contributed by atoms with Crippen LogP contribution in [0.4, 0.5) is 0 Å². The maximum absolute atomic E-state index is 11.5. The molecule has 0 aliphatic heterocycles. The Morgan fingerprint density at radius 3 is 2.67 bits per heavy atom. The van der Waals surface area contributed by atoms with Crippen molar-refractivity contribution in [3.8, 4) is 6.01 Å². The van der Waals surface area contributed by atoms with Crippen molar-refractivity contribution in [1.29, 1.82) is 0 Å². The van der Waals surface area contributed by atoms with Gasteiger partial charge < -0.3 is 4.52 Å². The lowest BCUT2D eigenvalue weighted by Crippen LogP contribution is -1.98. The SMILES string of the molecule is CCSc1nc(OP(=O)(OC)OC)ns1. The summed E-state index contributed by atoms with van der Waals surface area (Å²) in [5, 5.41) is 0. The smallest absolute Gasteiger partial charge is 0.367 e. The van der Waals surface area contributed by atoms with Gasteiger partial charge in [0, 0.05) is 14.2 Å². The molecule has 1 heterocycles. The lowest BCUT2D eigenvalue weighted by Gasteiger charge is -2.10. The minimum Gasteiger partial charge on any atom is -0.367 e. The zero-order valence-corrected chi connectivity index (χ0v) is 11.0. The highest BCUT2D eigenvalue weighted by Crippen LogP contribution is 2.47. The molecule has 0 aliphatic rings. The number of hydrogen-bond donors (Lipinski definition) is 0. The van der Waals surface area contributed by atoms with Crippen molar-refractivity contribution >= 4 is 31.1 Å². The predicted octanol–water partition coefficient (Wildman–Crippen LogP) is 2.43. The molecule has 0 spiro atoms. The Balaban J connectivity index is 2.67. The molecule has 86 valence electrons. The van der Waals surface area contributed by atoms with Crippen LogP contribution in [0.5, 0.6) is 6.01 Å². The standard InChI is InChI=1S/C6H11N2O4PS2/c1-4-14-6-7-5(8-15-6)12-13(9,10-2)11-3/h4H2,1-3H3. The topological polar surface area (TPSA) is 70.5 Å². The van der Waals surface area contributed by atoms with Gasteiger partial charge in [0.1, 0.15) is 0 Å². The van der Waals surface area contributed by atoms with Crippen LogP contribution < -0.4 is 4.52 Å². The number of thioether (sulfide) groups is 1. The molecule has 0 unspecified atom stereocenters. The van der Waals surface area contributed by atoms with E-state index in [-0.39, 0.29) is 6.01 Å². The van der Waals surface area contributed by atoms with E-state index in [0.29, 0.717) is 0 Å². The van der Waals surface area contributed by atoms with Crippen LogP contribution in [0.25, 0.3) is 0 Å². The average Bonchev–Trinajstić information content (AvgIpc) is 2.66. The summed E-state index contributed by atoms with van der Waals surface area (Å²) >= 11 is 2.71. The van der Waals surface area contributed by atoms with Crippen molar-refractivity contribution in [2.75, 3.05) is 20.0 Å². The number of phosphoric acid groups is 1. The Kier molecular flexibility index (Phi) is 5.01. The lowest BCUT2D eigenvalue weighted by molar-refractivity contribution is 0.207. The minimum absolute atomic E-state index is 0.0167. The second-order valence-corrected chi connectivity index (χ2v) is 6.25. The first-order chi connectivity index (χ1) is 7.13. The molecule has 0 bridgehead atoms. The quantitative estimate of drug-likeness (QED) is 0.580. The Morgan fingerprint density at radius 2 is 2.13 bits per heavy atom. The molecule has 1 aromatic heterocycles. The van der Waals surface area contributed by atoms with E-state index >= 15 is 0 Å². The average molecular weight is 270 g/mol. The van der Waals surface area contributed by atoms with Gasteiger partial charge in [-0.1, -0.05) is 18.7 Å². The molecule has 9 heteroatoms. The van der Waals surface area contributed by atoms with E-state index in [0.717, 1.165) is 10.1 Å². The molecule has 0 aromatic carbocycles. The molecule has 0 aliphatic carbocycles. The van der Waals surface area contributed by atoms with E-state index in [4.69, 9.17) is 4.52 Å². The molecule has 0 atom stereocenters. The van der Waals surface area contributed by atoms with Gasteiger partial charge in [0.15, 0.2) is 4.34 Å². The third-order valence-corrected chi connectivity index (χ3v) is 4.28. The van der Waals surface area contributed by atoms with Crippen LogP contribution in [0.3, 0.4) is 0 Å². The summed E-state index contributed by atoms with van der Waals surface area (Å²) in [5.41, 5.74) is 0. The highest BCUT2D eigenvalue weighted by Gasteiger charge is 2.26. The van der Waals surface area contributed by atoms with Crippen LogP contribution in [0.2, 0.25) is 0 Å². The summed E-state index contributed by atoms with van der Waals surface area (Å²) in [5.74, 6) is 0.890. The molecule has 0 fully saturated rings. The van der Waals surface area contributed by atoms with E-state index in [2.05, 4.69) is 18.4 Å². The van der Waals surface area contributed by atoms with Gasteiger partial charge in [-0.3, -0.25) is 9.05 Å².